The normalized spacial score (nSPS) is 10.4. The van der Waals surface area contributed by atoms with Gasteiger partial charge in [0.25, 0.3) is 0 Å². The molecule has 2 nitrogen and oxygen atoms in total. The first-order valence-electron chi connectivity index (χ1n) is 6.46. The number of fused-ring (bicyclic) bond motifs is 1. The van der Waals surface area contributed by atoms with Gasteiger partial charge < -0.3 is 4.74 Å². The van der Waals surface area contributed by atoms with Crippen LogP contribution >= 0.6 is 0 Å². The largest absolute Gasteiger partial charge is 0.497 e. The van der Waals surface area contributed by atoms with Crippen LogP contribution in [0.5, 0.6) is 5.75 Å². The van der Waals surface area contributed by atoms with Crippen molar-refractivity contribution < 1.29 is 9.53 Å². The molecule has 3 aromatic carbocycles. The van der Waals surface area contributed by atoms with Gasteiger partial charge in [-0.3, -0.25) is 4.79 Å². The Balaban J connectivity index is 2.12. The summed E-state index contributed by atoms with van der Waals surface area (Å²) in [4.78, 5) is 12.7. The first-order valence-corrected chi connectivity index (χ1v) is 6.46. The quantitative estimate of drug-likeness (QED) is 0.665. The van der Waals surface area contributed by atoms with Gasteiger partial charge in [-0.1, -0.05) is 54.6 Å². The van der Waals surface area contributed by atoms with Crippen LogP contribution in [-0.4, -0.2) is 12.9 Å². The maximum Gasteiger partial charge on any atom is 0.193 e. The minimum atomic E-state index is 0.0145. The fourth-order valence-electron chi connectivity index (χ4n) is 2.34. The Bertz CT molecular complexity index is 770. The molecule has 0 spiro atoms. The number of benzene rings is 3. The number of hydrogen-bond donors (Lipinski definition) is 0. The van der Waals surface area contributed by atoms with Crippen molar-refractivity contribution >= 4 is 16.6 Å². The SMILES string of the molecule is COc1cccc(C(=O)c2cccc3ccccc23)c1. The van der Waals surface area contributed by atoms with Crippen molar-refractivity contribution in [2.24, 2.45) is 0 Å². The highest BCUT2D eigenvalue weighted by atomic mass is 16.5. The molecule has 3 rings (SSSR count). The average molecular weight is 262 g/mol. The molecule has 0 radical (unpaired) electrons. The molecule has 98 valence electrons. The molecule has 0 aliphatic heterocycles. The molecule has 0 aromatic heterocycles. The summed E-state index contributed by atoms with van der Waals surface area (Å²) in [6.45, 7) is 0. The van der Waals surface area contributed by atoms with Gasteiger partial charge in [0.2, 0.25) is 0 Å². The summed E-state index contributed by atoms with van der Waals surface area (Å²) >= 11 is 0. The van der Waals surface area contributed by atoms with E-state index in [2.05, 4.69) is 0 Å². The zero-order valence-corrected chi connectivity index (χ0v) is 11.2. The lowest BCUT2D eigenvalue weighted by Crippen LogP contribution is -2.02. The Morgan fingerprint density at radius 3 is 2.50 bits per heavy atom. The van der Waals surface area contributed by atoms with Gasteiger partial charge in [-0.15, -0.1) is 0 Å². The first-order chi connectivity index (χ1) is 9.79. The summed E-state index contributed by atoms with van der Waals surface area (Å²) in [7, 11) is 1.60. The van der Waals surface area contributed by atoms with Gasteiger partial charge >= 0.3 is 0 Å². The maximum atomic E-state index is 12.7. The average Bonchev–Trinajstić information content (AvgIpc) is 2.53. The highest BCUT2D eigenvalue weighted by Gasteiger charge is 2.12. The minimum Gasteiger partial charge on any atom is -0.497 e. The predicted molar refractivity (Wildman–Crippen MR) is 80.4 cm³/mol. The Morgan fingerprint density at radius 1 is 0.900 bits per heavy atom. The van der Waals surface area contributed by atoms with Crippen molar-refractivity contribution in [2.45, 2.75) is 0 Å². The van der Waals surface area contributed by atoms with E-state index in [0.29, 0.717) is 11.3 Å². The number of ketones is 1. The lowest BCUT2D eigenvalue weighted by molar-refractivity contribution is 0.104. The van der Waals surface area contributed by atoms with Crippen molar-refractivity contribution in [3.63, 3.8) is 0 Å². The van der Waals surface area contributed by atoms with Crippen LogP contribution in [0.3, 0.4) is 0 Å². The van der Waals surface area contributed by atoms with Crippen LogP contribution in [0, 0.1) is 0 Å². The van der Waals surface area contributed by atoms with E-state index in [1.54, 1.807) is 13.2 Å². The first kappa shape index (κ1) is 12.4. The number of ether oxygens (including phenoxy) is 1. The van der Waals surface area contributed by atoms with Crippen molar-refractivity contribution in [3.05, 3.63) is 77.9 Å². The van der Waals surface area contributed by atoms with Crippen molar-refractivity contribution in [2.75, 3.05) is 7.11 Å². The van der Waals surface area contributed by atoms with E-state index in [1.165, 1.54) is 0 Å². The molecule has 0 N–H and O–H groups in total. The number of methoxy groups -OCH3 is 1. The Labute approximate surface area is 117 Å². The highest BCUT2D eigenvalue weighted by Crippen LogP contribution is 2.23. The predicted octanol–water partition coefficient (Wildman–Crippen LogP) is 4.08. The van der Waals surface area contributed by atoms with Crippen LogP contribution in [-0.2, 0) is 0 Å². The fourth-order valence-corrected chi connectivity index (χ4v) is 2.34. The van der Waals surface area contributed by atoms with E-state index in [1.807, 2.05) is 60.7 Å². The second-order valence-corrected chi connectivity index (χ2v) is 4.59. The third-order valence-corrected chi connectivity index (χ3v) is 3.37. The van der Waals surface area contributed by atoms with Crippen LogP contribution in [0.2, 0.25) is 0 Å². The van der Waals surface area contributed by atoms with E-state index >= 15 is 0 Å². The summed E-state index contributed by atoms with van der Waals surface area (Å²) < 4.78 is 5.18. The minimum absolute atomic E-state index is 0.0145. The summed E-state index contributed by atoms with van der Waals surface area (Å²) in [5.74, 6) is 0.705. The third kappa shape index (κ3) is 2.16. The van der Waals surface area contributed by atoms with E-state index in [-0.39, 0.29) is 5.78 Å². The summed E-state index contributed by atoms with van der Waals surface area (Å²) in [5, 5.41) is 2.05. The molecule has 0 aliphatic carbocycles. The highest BCUT2D eigenvalue weighted by molar-refractivity contribution is 6.16. The molecule has 3 aromatic rings. The molecule has 0 bridgehead atoms. The van der Waals surface area contributed by atoms with Crippen LogP contribution in [0.25, 0.3) is 10.8 Å². The van der Waals surface area contributed by atoms with Crippen molar-refractivity contribution in [1.29, 1.82) is 0 Å². The Kier molecular flexibility index (Phi) is 3.21. The standard InChI is InChI=1S/C18H14O2/c1-20-15-9-4-8-14(12-15)18(19)17-11-5-7-13-6-2-3-10-16(13)17/h2-12H,1H3. The molecule has 0 heterocycles. The topological polar surface area (TPSA) is 26.3 Å². The third-order valence-electron chi connectivity index (χ3n) is 3.37. The lowest BCUT2D eigenvalue weighted by Gasteiger charge is -2.07. The van der Waals surface area contributed by atoms with Gasteiger partial charge in [0.15, 0.2) is 5.78 Å². The van der Waals surface area contributed by atoms with Crippen molar-refractivity contribution in [1.82, 2.24) is 0 Å². The molecule has 0 saturated carbocycles. The van der Waals surface area contributed by atoms with Crippen LogP contribution in [0.4, 0.5) is 0 Å². The van der Waals surface area contributed by atoms with Crippen molar-refractivity contribution in [3.8, 4) is 5.75 Å². The number of hydrogen-bond acceptors (Lipinski definition) is 2. The fraction of sp³-hybridized carbons (Fsp3) is 0.0556. The number of carbonyl (C=O) groups excluding carboxylic acids is 1. The molecule has 0 atom stereocenters. The molecule has 0 aliphatic rings. The number of carbonyl (C=O) groups is 1. The number of rotatable bonds is 3. The van der Waals surface area contributed by atoms with E-state index in [9.17, 15) is 4.79 Å². The van der Waals surface area contributed by atoms with Gasteiger partial charge in [0, 0.05) is 11.1 Å². The zero-order chi connectivity index (χ0) is 13.9. The maximum absolute atomic E-state index is 12.7. The van der Waals surface area contributed by atoms with Crippen LogP contribution in [0.15, 0.2) is 66.7 Å². The van der Waals surface area contributed by atoms with Gasteiger partial charge in [0.05, 0.1) is 7.11 Å². The zero-order valence-electron chi connectivity index (χ0n) is 11.2. The molecular weight excluding hydrogens is 248 g/mol. The second kappa shape index (κ2) is 5.17. The second-order valence-electron chi connectivity index (χ2n) is 4.59. The van der Waals surface area contributed by atoms with Gasteiger partial charge in [-0.25, -0.2) is 0 Å². The molecule has 0 saturated heterocycles. The van der Waals surface area contributed by atoms with E-state index < -0.39 is 0 Å². The molecule has 2 heteroatoms. The smallest absolute Gasteiger partial charge is 0.193 e. The Morgan fingerprint density at radius 2 is 1.65 bits per heavy atom. The lowest BCUT2D eigenvalue weighted by atomic mass is 9.97. The molecular formula is C18H14O2. The summed E-state index contributed by atoms with van der Waals surface area (Å²) in [5.41, 5.74) is 1.36. The van der Waals surface area contributed by atoms with Crippen LogP contribution < -0.4 is 4.74 Å². The van der Waals surface area contributed by atoms with Gasteiger partial charge in [0.1, 0.15) is 5.75 Å². The van der Waals surface area contributed by atoms with Gasteiger partial charge in [-0.2, -0.15) is 0 Å². The Hall–Kier alpha value is -2.61. The van der Waals surface area contributed by atoms with Gasteiger partial charge in [-0.05, 0) is 22.9 Å². The molecule has 0 unspecified atom stereocenters. The van der Waals surface area contributed by atoms with E-state index in [4.69, 9.17) is 4.74 Å². The molecule has 0 amide bonds. The monoisotopic (exact) mass is 262 g/mol. The summed E-state index contributed by atoms with van der Waals surface area (Å²) in [6.07, 6.45) is 0. The molecule has 0 fully saturated rings. The summed E-state index contributed by atoms with van der Waals surface area (Å²) in [6, 6.07) is 20.9. The molecule has 20 heavy (non-hydrogen) atoms. The van der Waals surface area contributed by atoms with E-state index in [0.717, 1.165) is 16.3 Å². The van der Waals surface area contributed by atoms with Crippen LogP contribution in [0.1, 0.15) is 15.9 Å².